The Morgan fingerprint density at radius 1 is 1.21 bits per heavy atom. The second-order valence-corrected chi connectivity index (χ2v) is 5.80. The molecule has 1 heterocycles. The molecule has 5 heteroatoms. The van der Waals surface area contributed by atoms with Gasteiger partial charge >= 0.3 is 0 Å². The van der Waals surface area contributed by atoms with Gasteiger partial charge in [0.15, 0.2) is 0 Å². The summed E-state index contributed by atoms with van der Waals surface area (Å²) in [5.41, 5.74) is 0.880. The smallest absolute Gasteiger partial charge is 0.232 e. The van der Waals surface area contributed by atoms with Gasteiger partial charge in [-0.3, -0.25) is 0 Å². The number of aromatic nitrogens is 2. The lowest BCUT2D eigenvalue weighted by molar-refractivity contribution is 0.120. The van der Waals surface area contributed by atoms with Crippen molar-refractivity contribution in [3.8, 4) is 11.4 Å². The highest BCUT2D eigenvalue weighted by molar-refractivity contribution is 9.10. The van der Waals surface area contributed by atoms with Gasteiger partial charge < -0.3 is 9.63 Å². The molecule has 0 aliphatic carbocycles. The van der Waals surface area contributed by atoms with Crippen molar-refractivity contribution in [2.45, 2.75) is 32.8 Å². The predicted molar refractivity (Wildman–Crippen MR) is 76.7 cm³/mol. The van der Waals surface area contributed by atoms with Crippen LogP contribution in [0.4, 0.5) is 0 Å². The Labute approximate surface area is 121 Å². The highest BCUT2D eigenvalue weighted by Gasteiger charge is 2.27. The average Bonchev–Trinajstić information content (AvgIpc) is 2.77. The fraction of sp³-hybridized carbons (Fsp3) is 0.429. The van der Waals surface area contributed by atoms with Crippen LogP contribution in [0.5, 0.6) is 0 Å². The van der Waals surface area contributed by atoms with Gasteiger partial charge in [-0.15, -0.1) is 0 Å². The normalized spacial score (nSPS) is 14.6. The predicted octanol–water partition coefficient (Wildman–Crippen LogP) is 3.62. The minimum Gasteiger partial charge on any atom is -0.393 e. The number of hydrogen-bond acceptors (Lipinski definition) is 4. The number of hydrogen-bond donors (Lipinski definition) is 1. The van der Waals surface area contributed by atoms with Crippen molar-refractivity contribution in [2.75, 3.05) is 0 Å². The van der Waals surface area contributed by atoms with Crippen molar-refractivity contribution in [2.24, 2.45) is 5.92 Å². The van der Waals surface area contributed by atoms with E-state index < -0.39 is 6.10 Å². The zero-order valence-corrected chi connectivity index (χ0v) is 12.8. The Balaban J connectivity index is 2.36. The molecule has 4 nitrogen and oxygen atoms in total. The van der Waals surface area contributed by atoms with Gasteiger partial charge in [0.05, 0.1) is 12.0 Å². The summed E-state index contributed by atoms with van der Waals surface area (Å²) < 4.78 is 6.23. The van der Waals surface area contributed by atoms with Crippen LogP contribution in [0, 0.1) is 5.92 Å². The van der Waals surface area contributed by atoms with E-state index in [-0.39, 0.29) is 11.8 Å². The molecule has 102 valence electrons. The average molecular weight is 325 g/mol. The summed E-state index contributed by atoms with van der Waals surface area (Å²) in [5, 5.41) is 13.8. The monoisotopic (exact) mass is 324 g/mol. The van der Waals surface area contributed by atoms with Crippen molar-refractivity contribution < 1.29 is 9.63 Å². The first kappa shape index (κ1) is 14.2. The van der Waals surface area contributed by atoms with Crippen molar-refractivity contribution >= 4 is 15.9 Å². The lowest BCUT2D eigenvalue weighted by Crippen LogP contribution is -2.20. The highest BCUT2D eigenvalue weighted by atomic mass is 79.9. The zero-order valence-electron chi connectivity index (χ0n) is 11.2. The van der Waals surface area contributed by atoms with Gasteiger partial charge in [-0.05, 0) is 25.0 Å². The summed E-state index contributed by atoms with van der Waals surface area (Å²) in [7, 11) is 0. The molecular formula is C14H17BrN2O2. The van der Waals surface area contributed by atoms with E-state index in [1.807, 2.05) is 38.1 Å². The number of halogens is 1. The van der Waals surface area contributed by atoms with Gasteiger partial charge in [-0.25, -0.2) is 0 Å². The second-order valence-electron chi connectivity index (χ2n) is 4.95. The van der Waals surface area contributed by atoms with Crippen LogP contribution in [0.25, 0.3) is 11.4 Å². The molecule has 0 bridgehead atoms. The van der Waals surface area contributed by atoms with Crippen LogP contribution in [-0.2, 0) is 0 Å². The van der Waals surface area contributed by atoms with E-state index in [2.05, 4.69) is 26.1 Å². The molecule has 2 atom stereocenters. The molecular weight excluding hydrogens is 308 g/mol. The molecule has 0 aliphatic rings. The van der Waals surface area contributed by atoms with Crippen LogP contribution in [0.15, 0.2) is 33.3 Å². The van der Waals surface area contributed by atoms with Crippen molar-refractivity contribution in [1.82, 2.24) is 10.1 Å². The Bertz CT molecular complexity index is 544. The molecule has 0 aliphatic heterocycles. The maximum absolute atomic E-state index is 9.83. The number of nitrogens with zero attached hydrogens (tertiary/aromatic N) is 2. The van der Waals surface area contributed by atoms with Crippen LogP contribution in [0.3, 0.4) is 0 Å². The molecule has 19 heavy (non-hydrogen) atoms. The summed E-state index contributed by atoms with van der Waals surface area (Å²) in [6.45, 7) is 5.80. The van der Waals surface area contributed by atoms with Crippen LogP contribution in [0.1, 0.15) is 32.6 Å². The summed E-state index contributed by atoms with van der Waals surface area (Å²) in [5.74, 6) is 1.10. The molecule has 0 saturated heterocycles. The van der Waals surface area contributed by atoms with Gasteiger partial charge in [0.1, 0.15) is 0 Å². The lowest BCUT2D eigenvalue weighted by Gasteiger charge is -2.19. The van der Waals surface area contributed by atoms with E-state index in [9.17, 15) is 5.11 Å². The van der Waals surface area contributed by atoms with E-state index >= 15 is 0 Å². The number of aliphatic hydroxyl groups excluding tert-OH is 1. The maximum Gasteiger partial charge on any atom is 0.232 e. The molecule has 2 unspecified atom stereocenters. The van der Waals surface area contributed by atoms with Crippen molar-refractivity contribution in [3.63, 3.8) is 0 Å². The standard InChI is InChI=1S/C14H17BrN2O2/c1-8(2)12(9(3)18)14-16-13(17-19-14)10-6-4-5-7-11(10)15/h4-9,12,18H,1-3H3. The molecule has 1 aromatic heterocycles. The largest absolute Gasteiger partial charge is 0.393 e. The summed E-state index contributed by atoms with van der Waals surface area (Å²) in [6, 6.07) is 7.71. The third kappa shape index (κ3) is 3.04. The Kier molecular flexibility index (Phi) is 4.37. The van der Waals surface area contributed by atoms with Gasteiger partial charge in [0.2, 0.25) is 11.7 Å². The molecule has 1 N–H and O–H groups in total. The van der Waals surface area contributed by atoms with Crippen LogP contribution in [0.2, 0.25) is 0 Å². The summed E-state index contributed by atoms with van der Waals surface area (Å²) in [6.07, 6.45) is -0.521. The van der Waals surface area contributed by atoms with E-state index in [0.29, 0.717) is 11.7 Å². The quantitative estimate of drug-likeness (QED) is 0.933. The van der Waals surface area contributed by atoms with E-state index in [1.165, 1.54) is 0 Å². The van der Waals surface area contributed by atoms with Gasteiger partial charge in [-0.2, -0.15) is 4.98 Å². The highest BCUT2D eigenvalue weighted by Crippen LogP contribution is 2.30. The topological polar surface area (TPSA) is 59.2 Å². The minimum atomic E-state index is -0.521. The molecule has 2 rings (SSSR count). The molecule has 0 saturated carbocycles. The number of benzene rings is 1. The van der Waals surface area contributed by atoms with Gasteiger partial charge in [-0.1, -0.05) is 47.1 Å². The van der Waals surface area contributed by atoms with Crippen LogP contribution >= 0.6 is 15.9 Å². The maximum atomic E-state index is 9.83. The minimum absolute atomic E-state index is 0.149. The Hall–Kier alpha value is -1.20. The number of rotatable bonds is 4. The van der Waals surface area contributed by atoms with E-state index in [1.54, 1.807) is 6.92 Å². The number of aliphatic hydroxyl groups is 1. The molecule has 0 amide bonds. The Morgan fingerprint density at radius 2 is 1.89 bits per heavy atom. The molecule has 1 aromatic carbocycles. The first-order valence-corrected chi connectivity index (χ1v) is 7.06. The lowest BCUT2D eigenvalue weighted by atomic mass is 9.91. The SMILES string of the molecule is CC(C)C(c1nc(-c2ccccc2Br)no1)C(C)O. The second kappa shape index (κ2) is 5.84. The van der Waals surface area contributed by atoms with Crippen molar-refractivity contribution in [3.05, 3.63) is 34.6 Å². The van der Waals surface area contributed by atoms with Gasteiger partial charge in [0.25, 0.3) is 0 Å². The third-order valence-electron chi connectivity index (χ3n) is 3.08. The zero-order chi connectivity index (χ0) is 14.0. The first-order valence-electron chi connectivity index (χ1n) is 6.27. The molecule has 2 aromatic rings. The van der Waals surface area contributed by atoms with E-state index in [4.69, 9.17) is 4.52 Å². The van der Waals surface area contributed by atoms with Gasteiger partial charge in [0, 0.05) is 10.0 Å². The fourth-order valence-corrected chi connectivity index (χ4v) is 2.63. The van der Waals surface area contributed by atoms with Crippen LogP contribution < -0.4 is 0 Å². The van der Waals surface area contributed by atoms with E-state index in [0.717, 1.165) is 10.0 Å². The van der Waals surface area contributed by atoms with Crippen molar-refractivity contribution in [1.29, 1.82) is 0 Å². The molecule has 0 radical (unpaired) electrons. The molecule has 0 spiro atoms. The third-order valence-corrected chi connectivity index (χ3v) is 3.77. The van der Waals surface area contributed by atoms with Crippen LogP contribution in [-0.4, -0.2) is 21.4 Å². The summed E-state index contributed by atoms with van der Waals surface area (Å²) in [4.78, 5) is 4.42. The summed E-state index contributed by atoms with van der Waals surface area (Å²) >= 11 is 3.47. The Morgan fingerprint density at radius 3 is 2.47 bits per heavy atom. The molecule has 0 fully saturated rings. The fourth-order valence-electron chi connectivity index (χ4n) is 2.17. The first-order chi connectivity index (χ1) is 9.00.